The second-order valence-corrected chi connectivity index (χ2v) is 7.79. The van der Waals surface area contributed by atoms with E-state index in [1.807, 2.05) is 46.2 Å². The number of anilines is 1. The zero-order chi connectivity index (χ0) is 22.7. The van der Waals surface area contributed by atoms with Gasteiger partial charge in [0.25, 0.3) is 11.6 Å². The van der Waals surface area contributed by atoms with Crippen LogP contribution in [0.2, 0.25) is 0 Å². The number of nitrogens with zero attached hydrogens (tertiary/aromatic N) is 3. The van der Waals surface area contributed by atoms with Crippen molar-refractivity contribution in [2.75, 3.05) is 38.2 Å². The number of benzene rings is 3. The van der Waals surface area contributed by atoms with Gasteiger partial charge in [-0.3, -0.25) is 20.2 Å². The Hall–Kier alpha value is -3.72. The summed E-state index contributed by atoms with van der Waals surface area (Å²) in [4.78, 5) is 27.6. The third-order valence-corrected chi connectivity index (χ3v) is 5.88. The van der Waals surface area contributed by atoms with Crippen LogP contribution < -0.4 is 15.0 Å². The molecule has 0 unspecified atom stereocenters. The number of carbonyl (C=O) groups excluding carboxylic acids is 1. The maximum atomic E-state index is 12.7. The number of piperazine rings is 1. The molecule has 4 rings (SSSR count). The second-order valence-electron chi connectivity index (χ2n) is 7.41. The summed E-state index contributed by atoms with van der Waals surface area (Å²) in [6, 6.07) is 18.2. The lowest BCUT2D eigenvalue weighted by atomic mass is 10.1. The Morgan fingerprint density at radius 1 is 1.03 bits per heavy atom. The van der Waals surface area contributed by atoms with Crippen molar-refractivity contribution in [1.82, 2.24) is 10.2 Å². The van der Waals surface area contributed by atoms with Gasteiger partial charge in [-0.1, -0.05) is 30.3 Å². The SMILES string of the molecule is COc1ccc(N2CCN(C(=S)NC(=O)c3ccc4ccccc4c3)CC2)c([N+](=O)[O-])c1. The molecule has 1 aliphatic rings. The van der Waals surface area contributed by atoms with Crippen LogP contribution in [0.25, 0.3) is 10.8 Å². The topological polar surface area (TPSA) is 88.0 Å². The van der Waals surface area contributed by atoms with Crippen LogP contribution in [0.4, 0.5) is 11.4 Å². The monoisotopic (exact) mass is 450 g/mol. The predicted octanol–water partition coefficient (Wildman–Crippen LogP) is 3.59. The number of hydrogen-bond acceptors (Lipinski definition) is 6. The van der Waals surface area contributed by atoms with E-state index in [1.54, 1.807) is 18.2 Å². The average Bonchev–Trinajstić information content (AvgIpc) is 2.83. The summed E-state index contributed by atoms with van der Waals surface area (Å²) >= 11 is 5.45. The summed E-state index contributed by atoms with van der Waals surface area (Å²) in [5.41, 5.74) is 1.09. The van der Waals surface area contributed by atoms with E-state index in [2.05, 4.69) is 5.32 Å². The number of nitro groups is 1. The van der Waals surface area contributed by atoms with Crippen molar-refractivity contribution < 1.29 is 14.5 Å². The number of fused-ring (bicyclic) bond motifs is 1. The van der Waals surface area contributed by atoms with Crippen molar-refractivity contribution in [3.8, 4) is 5.75 Å². The fraction of sp³-hybridized carbons (Fsp3) is 0.217. The number of ether oxygens (including phenoxy) is 1. The molecule has 0 radical (unpaired) electrons. The van der Waals surface area contributed by atoms with Gasteiger partial charge in [-0.2, -0.15) is 0 Å². The fourth-order valence-corrected chi connectivity index (χ4v) is 4.05. The highest BCUT2D eigenvalue weighted by molar-refractivity contribution is 7.80. The molecule has 8 nitrogen and oxygen atoms in total. The molecule has 1 saturated heterocycles. The quantitative estimate of drug-likeness (QED) is 0.369. The van der Waals surface area contributed by atoms with Gasteiger partial charge in [0.05, 0.1) is 18.1 Å². The Labute approximate surface area is 190 Å². The molecule has 32 heavy (non-hydrogen) atoms. The van der Waals surface area contributed by atoms with Crippen LogP contribution in [0.15, 0.2) is 60.7 Å². The number of carbonyl (C=O) groups is 1. The first-order chi connectivity index (χ1) is 15.5. The van der Waals surface area contributed by atoms with Crippen LogP contribution in [0.5, 0.6) is 5.75 Å². The van der Waals surface area contributed by atoms with Crippen molar-refractivity contribution in [1.29, 1.82) is 0 Å². The van der Waals surface area contributed by atoms with Gasteiger partial charge in [0.1, 0.15) is 11.4 Å². The first-order valence-electron chi connectivity index (χ1n) is 10.1. The standard InChI is InChI=1S/C23H22N4O4S/c1-31-19-8-9-20(21(15-19)27(29)30)25-10-12-26(13-11-25)23(32)24-22(28)18-7-6-16-4-2-3-5-17(16)14-18/h2-9,14-15H,10-13H2,1H3,(H,24,28,32). The smallest absolute Gasteiger partial charge is 0.296 e. The first kappa shape index (κ1) is 21.5. The van der Waals surface area contributed by atoms with E-state index in [1.165, 1.54) is 13.2 Å². The van der Waals surface area contributed by atoms with Gasteiger partial charge in [-0.15, -0.1) is 0 Å². The van der Waals surface area contributed by atoms with Crippen LogP contribution in [0.3, 0.4) is 0 Å². The van der Waals surface area contributed by atoms with E-state index in [0.29, 0.717) is 48.3 Å². The number of methoxy groups -OCH3 is 1. The lowest BCUT2D eigenvalue weighted by molar-refractivity contribution is -0.384. The van der Waals surface area contributed by atoms with Crippen molar-refractivity contribution in [3.63, 3.8) is 0 Å². The fourth-order valence-electron chi connectivity index (χ4n) is 3.77. The summed E-state index contributed by atoms with van der Waals surface area (Å²) in [5, 5.41) is 16.7. The summed E-state index contributed by atoms with van der Waals surface area (Å²) in [6.45, 7) is 2.17. The molecule has 0 atom stereocenters. The predicted molar refractivity (Wildman–Crippen MR) is 127 cm³/mol. The lowest BCUT2D eigenvalue weighted by Crippen LogP contribution is -2.52. The molecule has 0 spiro atoms. The van der Waals surface area contributed by atoms with Gasteiger partial charge in [0.2, 0.25) is 0 Å². The minimum absolute atomic E-state index is 0.00461. The highest BCUT2D eigenvalue weighted by Crippen LogP contribution is 2.32. The number of amides is 1. The van der Waals surface area contributed by atoms with Crippen LogP contribution in [-0.4, -0.2) is 54.1 Å². The lowest BCUT2D eigenvalue weighted by Gasteiger charge is -2.37. The highest BCUT2D eigenvalue weighted by atomic mass is 32.1. The molecular weight excluding hydrogens is 428 g/mol. The Morgan fingerprint density at radius 3 is 2.44 bits per heavy atom. The molecule has 0 saturated carbocycles. The van der Waals surface area contributed by atoms with E-state index in [-0.39, 0.29) is 11.6 Å². The van der Waals surface area contributed by atoms with Gasteiger partial charge >= 0.3 is 0 Å². The summed E-state index contributed by atoms with van der Waals surface area (Å²) in [7, 11) is 1.48. The van der Waals surface area contributed by atoms with Crippen molar-refractivity contribution >= 4 is 45.4 Å². The van der Waals surface area contributed by atoms with Gasteiger partial charge in [0, 0.05) is 31.7 Å². The third kappa shape index (κ3) is 4.47. The normalized spacial score (nSPS) is 13.7. The molecule has 1 fully saturated rings. The molecule has 1 N–H and O–H groups in total. The molecular formula is C23H22N4O4S. The molecule has 1 heterocycles. The van der Waals surface area contributed by atoms with E-state index in [4.69, 9.17) is 17.0 Å². The van der Waals surface area contributed by atoms with Crippen molar-refractivity contribution in [2.24, 2.45) is 0 Å². The Morgan fingerprint density at radius 2 is 1.75 bits per heavy atom. The molecule has 164 valence electrons. The Bertz CT molecular complexity index is 1190. The maximum Gasteiger partial charge on any atom is 0.296 e. The number of hydrogen-bond donors (Lipinski definition) is 1. The maximum absolute atomic E-state index is 12.7. The zero-order valence-electron chi connectivity index (χ0n) is 17.5. The second kappa shape index (κ2) is 9.19. The molecule has 3 aromatic rings. The number of nitro benzene ring substituents is 1. The molecule has 1 aliphatic heterocycles. The molecule has 0 bridgehead atoms. The summed E-state index contributed by atoms with van der Waals surface area (Å²) in [5.74, 6) is 0.186. The Kier molecular flexibility index (Phi) is 6.18. The molecule has 0 aliphatic carbocycles. The van der Waals surface area contributed by atoms with Gasteiger partial charge in [0.15, 0.2) is 5.11 Å². The number of rotatable bonds is 4. The van der Waals surface area contributed by atoms with E-state index in [0.717, 1.165) is 10.8 Å². The van der Waals surface area contributed by atoms with Crippen LogP contribution in [0.1, 0.15) is 10.4 Å². The van der Waals surface area contributed by atoms with E-state index >= 15 is 0 Å². The van der Waals surface area contributed by atoms with Crippen molar-refractivity contribution in [3.05, 3.63) is 76.3 Å². The Balaban J connectivity index is 1.39. The highest BCUT2D eigenvalue weighted by Gasteiger charge is 2.26. The first-order valence-corrected chi connectivity index (χ1v) is 10.5. The van der Waals surface area contributed by atoms with Crippen molar-refractivity contribution in [2.45, 2.75) is 0 Å². The van der Waals surface area contributed by atoms with Gasteiger partial charge in [-0.25, -0.2) is 0 Å². The molecule has 1 amide bonds. The molecule has 3 aromatic carbocycles. The van der Waals surface area contributed by atoms with E-state index < -0.39 is 4.92 Å². The van der Waals surface area contributed by atoms with Crippen LogP contribution >= 0.6 is 12.2 Å². The largest absolute Gasteiger partial charge is 0.496 e. The summed E-state index contributed by atoms with van der Waals surface area (Å²) in [6.07, 6.45) is 0. The van der Waals surface area contributed by atoms with Gasteiger partial charge in [-0.05, 0) is 47.3 Å². The molecule has 9 heteroatoms. The zero-order valence-corrected chi connectivity index (χ0v) is 18.3. The van der Waals surface area contributed by atoms with Crippen LogP contribution in [0, 0.1) is 10.1 Å². The minimum atomic E-state index is -0.404. The van der Waals surface area contributed by atoms with Crippen LogP contribution in [-0.2, 0) is 0 Å². The third-order valence-electron chi connectivity index (χ3n) is 5.52. The minimum Gasteiger partial charge on any atom is -0.496 e. The number of nitrogens with one attached hydrogen (secondary N) is 1. The van der Waals surface area contributed by atoms with E-state index in [9.17, 15) is 14.9 Å². The number of thiocarbonyl (C=S) groups is 1. The molecule has 0 aromatic heterocycles. The van der Waals surface area contributed by atoms with Gasteiger partial charge < -0.3 is 14.5 Å². The average molecular weight is 451 g/mol. The summed E-state index contributed by atoms with van der Waals surface area (Å²) < 4.78 is 5.10.